The van der Waals surface area contributed by atoms with Crippen molar-refractivity contribution in [3.05, 3.63) is 76.8 Å². The molecule has 4 aromatic rings. The van der Waals surface area contributed by atoms with Crippen LogP contribution < -0.4 is 4.90 Å². The van der Waals surface area contributed by atoms with Crippen LogP contribution in [0.3, 0.4) is 0 Å². The number of carbonyl (C=O) groups is 1. The first-order valence-corrected chi connectivity index (χ1v) is 11.1. The lowest BCUT2D eigenvalue weighted by Gasteiger charge is -2.35. The zero-order valence-corrected chi connectivity index (χ0v) is 18.0. The van der Waals surface area contributed by atoms with Gasteiger partial charge in [0.2, 0.25) is 0 Å². The third-order valence-corrected chi connectivity index (χ3v) is 6.79. The van der Waals surface area contributed by atoms with E-state index >= 15 is 0 Å². The summed E-state index contributed by atoms with van der Waals surface area (Å²) in [5.41, 5.74) is 4.40. The number of benzene rings is 2. The van der Waals surface area contributed by atoms with Gasteiger partial charge in [-0.05, 0) is 49.7 Å². The number of aromatic nitrogens is 2. The average molecular weight is 417 g/mol. The molecule has 5 nitrogen and oxygen atoms in total. The van der Waals surface area contributed by atoms with Gasteiger partial charge in [-0.3, -0.25) is 4.79 Å². The summed E-state index contributed by atoms with van der Waals surface area (Å²) in [4.78, 5) is 19.4. The van der Waals surface area contributed by atoms with Gasteiger partial charge in [-0.1, -0.05) is 30.3 Å². The van der Waals surface area contributed by atoms with Crippen LogP contribution in [0.15, 0.2) is 60.7 Å². The smallest absolute Gasteiger partial charge is 0.264 e. The number of nitrogens with zero attached hydrogens (tertiary/aromatic N) is 4. The molecule has 3 heterocycles. The highest BCUT2D eigenvalue weighted by molar-refractivity contribution is 7.20. The molecule has 1 amide bonds. The van der Waals surface area contributed by atoms with Gasteiger partial charge in [-0.25, -0.2) is 4.68 Å². The van der Waals surface area contributed by atoms with Gasteiger partial charge in [0.1, 0.15) is 4.83 Å². The summed E-state index contributed by atoms with van der Waals surface area (Å²) >= 11 is 1.54. The fourth-order valence-electron chi connectivity index (χ4n) is 4.05. The minimum Gasteiger partial charge on any atom is -0.368 e. The highest BCUT2D eigenvalue weighted by atomic mass is 32.1. The summed E-state index contributed by atoms with van der Waals surface area (Å²) in [5.74, 6) is 0.124. The molecular weight excluding hydrogens is 392 g/mol. The quantitative estimate of drug-likeness (QED) is 0.487. The molecule has 0 unspecified atom stereocenters. The van der Waals surface area contributed by atoms with Crippen molar-refractivity contribution < 1.29 is 4.79 Å². The molecule has 0 atom stereocenters. The first-order chi connectivity index (χ1) is 14.6. The van der Waals surface area contributed by atoms with Crippen LogP contribution >= 0.6 is 11.3 Å². The molecule has 6 heteroatoms. The maximum Gasteiger partial charge on any atom is 0.264 e. The zero-order chi connectivity index (χ0) is 20.7. The van der Waals surface area contributed by atoms with Crippen molar-refractivity contribution in [2.45, 2.75) is 13.8 Å². The number of anilines is 1. The van der Waals surface area contributed by atoms with Gasteiger partial charge in [0.15, 0.2) is 0 Å². The van der Waals surface area contributed by atoms with E-state index < -0.39 is 0 Å². The van der Waals surface area contributed by atoms with Gasteiger partial charge in [-0.2, -0.15) is 5.10 Å². The van der Waals surface area contributed by atoms with E-state index in [4.69, 9.17) is 5.10 Å². The Morgan fingerprint density at radius 1 is 0.900 bits per heavy atom. The van der Waals surface area contributed by atoms with Crippen molar-refractivity contribution in [1.82, 2.24) is 14.7 Å². The highest BCUT2D eigenvalue weighted by Crippen LogP contribution is 2.31. The molecule has 152 valence electrons. The Kier molecular flexibility index (Phi) is 4.79. The standard InChI is InChI=1S/C24H24N4OS/c1-17-7-6-10-20(15-17)28-24-21(18(2)25-28)16-22(30-24)23(29)27-13-11-26(12-14-27)19-8-4-3-5-9-19/h3-10,15-16H,11-14H2,1-2H3. The van der Waals surface area contributed by atoms with Gasteiger partial charge in [0.05, 0.1) is 16.3 Å². The van der Waals surface area contributed by atoms with Crippen LogP contribution in [0, 0.1) is 13.8 Å². The Hall–Kier alpha value is -3.12. The summed E-state index contributed by atoms with van der Waals surface area (Å²) in [6.07, 6.45) is 0. The fourth-order valence-corrected chi connectivity index (χ4v) is 5.20. The summed E-state index contributed by atoms with van der Waals surface area (Å²) < 4.78 is 1.96. The zero-order valence-electron chi connectivity index (χ0n) is 17.2. The largest absolute Gasteiger partial charge is 0.368 e. The second-order valence-electron chi connectivity index (χ2n) is 7.78. The van der Waals surface area contributed by atoms with Crippen LogP contribution in [0.5, 0.6) is 0 Å². The minimum absolute atomic E-state index is 0.124. The maximum atomic E-state index is 13.2. The molecular formula is C24H24N4OS. The van der Waals surface area contributed by atoms with Crippen LogP contribution in [0.1, 0.15) is 20.9 Å². The van der Waals surface area contributed by atoms with Gasteiger partial charge >= 0.3 is 0 Å². The number of rotatable bonds is 3. The molecule has 0 saturated carbocycles. The molecule has 0 radical (unpaired) electrons. The monoisotopic (exact) mass is 416 g/mol. The van der Waals surface area contributed by atoms with Crippen molar-refractivity contribution in [2.24, 2.45) is 0 Å². The molecule has 2 aromatic carbocycles. The van der Waals surface area contributed by atoms with Crippen molar-refractivity contribution in [3.8, 4) is 5.69 Å². The molecule has 0 N–H and O–H groups in total. The second kappa shape index (κ2) is 7.61. The van der Waals surface area contributed by atoms with E-state index in [1.54, 1.807) is 11.3 Å². The van der Waals surface area contributed by atoms with Gasteiger partial charge < -0.3 is 9.80 Å². The van der Waals surface area contributed by atoms with Gasteiger partial charge in [0.25, 0.3) is 5.91 Å². The van der Waals surface area contributed by atoms with E-state index in [0.717, 1.165) is 52.7 Å². The maximum absolute atomic E-state index is 13.2. The van der Waals surface area contributed by atoms with E-state index in [0.29, 0.717) is 0 Å². The van der Waals surface area contributed by atoms with E-state index in [2.05, 4.69) is 54.3 Å². The number of hydrogen-bond donors (Lipinski definition) is 0. The van der Waals surface area contributed by atoms with Crippen molar-refractivity contribution >= 4 is 33.1 Å². The fraction of sp³-hybridized carbons (Fsp3) is 0.250. The number of carbonyl (C=O) groups excluding carboxylic acids is 1. The van der Waals surface area contributed by atoms with Crippen molar-refractivity contribution in [1.29, 1.82) is 0 Å². The summed E-state index contributed by atoms with van der Waals surface area (Å²) in [7, 11) is 0. The summed E-state index contributed by atoms with van der Waals surface area (Å²) in [6.45, 7) is 7.28. The molecule has 1 aliphatic heterocycles. The van der Waals surface area contributed by atoms with Gasteiger partial charge in [-0.15, -0.1) is 11.3 Å². The Bertz CT molecular complexity index is 1200. The molecule has 5 rings (SSSR count). The first kappa shape index (κ1) is 18.9. The molecule has 0 spiro atoms. The van der Waals surface area contributed by atoms with E-state index in [1.165, 1.54) is 11.3 Å². The first-order valence-electron chi connectivity index (χ1n) is 10.3. The number of thiophene rings is 1. The molecule has 30 heavy (non-hydrogen) atoms. The second-order valence-corrected chi connectivity index (χ2v) is 8.81. The van der Waals surface area contributed by atoms with Crippen molar-refractivity contribution in [2.75, 3.05) is 31.1 Å². The number of hydrogen-bond acceptors (Lipinski definition) is 4. The third kappa shape index (κ3) is 3.37. The normalized spacial score (nSPS) is 14.5. The highest BCUT2D eigenvalue weighted by Gasteiger charge is 2.25. The van der Waals surface area contributed by atoms with E-state index in [-0.39, 0.29) is 5.91 Å². The molecule has 2 aromatic heterocycles. The SMILES string of the molecule is Cc1cccc(-n2nc(C)c3cc(C(=O)N4CCN(c5ccccc5)CC4)sc32)c1. The predicted molar refractivity (Wildman–Crippen MR) is 123 cm³/mol. The van der Waals surface area contributed by atoms with Crippen LogP contribution in [0.25, 0.3) is 15.9 Å². The summed E-state index contributed by atoms with van der Waals surface area (Å²) in [5, 5.41) is 5.78. The predicted octanol–water partition coefficient (Wildman–Crippen LogP) is 4.67. The lowest BCUT2D eigenvalue weighted by atomic mass is 10.2. The number of amides is 1. The lowest BCUT2D eigenvalue weighted by molar-refractivity contribution is 0.0751. The van der Waals surface area contributed by atoms with E-state index in [9.17, 15) is 4.79 Å². The van der Waals surface area contributed by atoms with Crippen LogP contribution in [0.2, 0.25) is 0 Å². The number of aryl methyl sites for hydroxylation is 2. The Balaban J connectivity index is 1.38. The number of para-hydroxylation sites is 1. The Morgan fingerprint density at radius 2 is 1.63 bits per heavy atom. The molecule has 1 aliphatic rings. The van der Waals surface area contributed by atoms with Crippen molar-refractivity contribution in [3.63, 3.8) is 0 Å². The Labute approximate surface area is 180 Å². The third-order valence-electron chi connectivity index (χ3n) is 5.69. The van der Waals surface area contributed by atoms with Crippen LogP contribution in [-0.2, 0) is 0 Å². The van der Waals surface area contributed by atoms with E-state index in [1.807, 2.05) is 34.7 Å². The molecule has 1 fully saturated rings. The molecule has 1 saturated heterocycles. The number of piperazine rings is 1. The minimum atomic E-state index is 0.124. The van der Waals surface area contributed by atoms with Crippen LogP contribution in [-0.4, -0.2) is 46.8 Å². The molecule has 0 bridgehead atoms. The molecule has 0 aliphatic carbocycles. The lowest BCUT2D eigenvalue weighted by Crippen LogP contribution is -2.48. The van der Waals surface area contributed by atoms with Crippen LogP contribution in [0.4, 0.5) is 5.69 Å². The summed E-state index contributed by atoms with van der Waals surface area (Å²) in [6, 6.07) is 20.7. The average Bonchev–Trinajstić information content (AvgIpc) is 3.35. The topological polar surface area (TPSA) is 41.4 Å². The number of fused-ring (bicyclic) bond motifs is 1. The Morgan fingerprint density at radius 3 is 2.37 bits per heavy atom. The van der Waals surface area contributed by atoms with Gasteiger partial charge in [0, 0.05) is 37.3 Å².